The summed E-state index contributed by atoms with van der Waals surface area (Å²) in [7, 11) is 1.65. The number of hydrogen-bond acceptors (Lipinski definition) is 6. The first kappa shape index (κ1) is 14.7. The summed E-state index contributed by atoms with van der Waals surface area (Å²) in [6, 6.07) is 9.74. The summed E-state index contributed by atoms with van der Waals surface area (Å²) in [5.74, 6) is 1.95. The van der Waals surface area contributed by atoms with Gasteiger partial charge in [-0.15, -0.1) is 0 Å². The number of nitrogen functional groups attached to an aromatic ring is 1. The van der Waals surface area contributed by atoms with E-state index in [1.807, 2.05) is 18.2 Å². The van der Waals surface area contributed by atoms with Crippen LogP contribution in [0.4, 0.5) is 5.82 Å². The fourth-order valence-electron chi connectivity index (χ4n) is 2.92. The maximum atomic E-state index is 10.1. The van der Waals surface area contributed by atoms with Crippen molar-refractivity contribution >= 4 is 5.82 Å². The minimum Gasteiger partial charge on any atom is -0.497 e. The molecule has 2 atom stereocenters. The first-order valence-corrected chi connectivity index (χ1v) is 7.29. The van der Waals surface area contributed by atoms with E-state index in [1.54, 1.807) is 19.4 Å². The normalized spacial score (nSPS) is 21.9. The van der Waals surface area contributed by atoms with Crippen LogP contribution in [-0.2, 0) is 6.54 Å². The number of benzene rings is 1. The number of nitrogens with zero attached hydrogens (tertiary/aromatic N) is 3. The maximum absolute atomic E-state index is 10.1. The van der Waals surface area contributed by atoms with Crippen LogP contribution >= 0.6 is 0 Å². The largest absolute Gasteiger partial charge is 0.497 e. The minimum atomic E-state index is -0.350. The second kappa shape index (κ2) is 6.29. The van der Waals surface area contributed by atoms with Gasteiger partial charge in [-0.3, -0.25) is 4.90 Å². The number of β-amino-alcohol motifs (C(OH)–C–C–N with tert-alkyl or cyclic N) is 1. The molecule has 0 radical (unpaired) electrons. The van der Waals surface area contributed by atoms with E-state index < -0.39 is 0 Å². The van der Waals surface area contributed by atoms with E-state index in [4.69, 9.17) is 10.5 Å². The molecule has 6 heteroatoms. The predicted octanol–water partition coefficient (Wildman–Crippen LogP) is 1.38. The first-order chi connectivity index (χ1) is 10.7. The van der Waals surface area contributed by atoms with Gasteiger partial charge in [-0.1, -0.05) is 12.1 Å². The lowest BCUT2D eigenvalue weighted by Crippen LogP contribution is -2.25. The fraction of sp³-hybridized carbons (Fsp3) is 0.375. The number of aliphatic hydroxyl groups is 1. The zero-order chi connectivity index (χ0) is 15.5. The van der Waals surface area contributed by atoms with Crippen molar-refractivity contribution in [2.45, 2.75) is 25.1 Å². The third-order valence-electron chi connectivity index (χ3n) is 3.93. The number of nitrogens with two attached hydrogens (primary N) is 1. The van der Waals surface area contributed by atoms with Gasteiger partial charge in [0.05, 0.1) is 19.8 Å². The SMILES string of the molecule is COc1cccc([C@H]2C[C@H](O)CN2Cc2nccc(N)n2)c1. The van der Waals surface area contributed by atoms with Gasteiger partial charge in [0.2, 0.25) is 0 Å². The number of ether oxygens (including phenoxy) is 1. The molecule has 22 heavy (non-hydrogen) atoms. The average molecular weight is 300 g/mol. The first-order valence-electron chi connectivity index (χ1n) is 7.29. The second-order valence-electron chi connectivity index (χ2n) is 5.51. The topological polar surface area (TPSA) is 84.5 Å². The molecule has 3 rings (SSSR count). The van der Waals surface area contributed by atoms with Gasteiger partial charge in [0.1, 0.15) is 17.4 Å². The van der Waals surface area contributed by atoms with E-state index >= 15 is 0 Å². The van der Waals surface area contributed by atoms with E-state index in [0.29, 0.717) is 31.2 Å². The van der Waals surface area contributed by atoms with Gasteiger partial charge < -0.3 is 15.6 Å². The maximum Gasteiger partial charge on any atom is 0.144 e. The number of likely N-dealkylation sites (tertiary alicyclic amines) is 1. The number of methoxy groups -OCH3 is 1. The molecule has 1 saturated heterocycles. The molecule has 1 aromatic heterocycles. The number of anilines is 1. The molecule has 0 spiro atoms. The lowest BCUT2D eigenvalue weighted by atomic mass is 10.0. The minimum absolute atomic E-state index is 0.120. The summed E-state index contributed by atoms with van der Waals surface area (Å²) in [5.41, 5.74) is 6.83. The molecule has 0 aliphatic carbocycles. The zero-order valence-corrected chi connectivity index (χ0v) is 12.5. The highest BCUT2D eigenvalue weighted by Crippen LogP contribution is 2.34. The van der Waals surface area contributed by atoms with Crippen LogP contribution < -0.4 is 10.5 Å². The van der Waals surface area contributed by atoms with Crippen LogP contribution in [0.3, 0.4) is 0 Å². The van der Waals surface area contributed by atoms with Crippen molar-refractivity contribution in [3.8, 4) is 5.75 Å². The summed E-state index contributed by atoms with van der Waals surface area (Å²) in [5, 5.41) is 10.1. The molecule has 1 fully saturated rings. The van der Waals surface area contributed by atoms with Crippen molar-refractivity contribution in [3.63, 3.8) is 0 Å². The van der Waals surface area contributed by atoms with Gasteiger partial charge in [0.15, 0.2) is 0 Å². The van der Waals surface area contributed by atoms with Crippen molar-refractivity contribution < 1.29 is 9.84 Å². The molecule has 116 valence electrons. The zero-order valence-electron chi connectivity index (χ0n) is 12.5. The molecule has 1 aliphatic heterocycles. The van der Waals surface area contributed by atoms with Crippen LogP contribution in [0.1, 0.15) is 23.9 Å². The quantitative estimate of drug-likeness (QED) is 0.887. The Labute approximate surface area is 129 Å². The number of aromatic nitrogens is 2. The molecular formula is C16H20N4O2. The van der Waals surface area contributed by atoms with Crippen molar-refractivity contribution in [1.82, 2.24) is 14.9 Å². The Morgan fingerprint density at radius 3 is 3.05 bits per heavy atom. The number of aliphatic hydroxyl groups excluding tert-OH is 1. The molecule has 1 aliphatic rings. The average Bonchev–Trinajstić information content (AvgIpc) is 2.88. The van der Waals surface area contributed by atoms with Crippen molar-refractivity contribution in [3.05, 3.63) is 47.9 Å². The Bertz CT molecular complexity index is 650. The summed E-state index contributed by atoms with van der Waals surface area (Å²) in [6.07, 6.45) is 2.00. The number of hydrogen-bond donors (Lipinski definition) is 2. The third kappa shape index (κ3) is 3.18. The Morgan fingerprint density at radius 1 is 1.41 bits per heavy atom. The van der Waals surface area contributed by atoms with Crippen LogP contribution in [0.25, 0.3) is 0 Å². The van der Waals surface area contributed by atoms with Gasteiger partial charge in [0.25, 0.3) is 0 Å². The summed E-state index contributed by atoms with van der Waals surface area (Å²) < 4.78 is 5.29. The molecule has 0 unspecified atom stereocenters. The Balaban J connectivity index is 1.82. The molecule has 0 amide bonds. The van der Waals surface area contributed by atoms with E-state index in [1.165, 1.54) is 0 Å². The highest BCUT2D eigenvalue weighted by molar-refractivity contribution is 5.31. The highest BCUT2D eigenvalue weighted by Gasteiger charge is 2.32. The van der Waals surface area contributed by atoms with E-state index in [-0.39, 0.29) is 12.1 Å². The molecule has 2 aromatic rings. The molecule has 2 heterocycles. The van der Waals surface area contributed by atoms with Crippen LogP contribution in [-0.4, -0.2) is 39.7 Å². The second-order valence-corrected chi connectivity index (χ2v) is 5.51. The van der Waals surface area contributed by atoms with Crippen molar-refractivity contribution in [2.24, 2.45) is 0 Å². The van der Waals surface area contributed by atoms with E-state index in [9.17, 15) is 5.11 Å². The Kier molecular flexibility index (Phi) is 4.22. The number of rotatable bonds is 4. The molecule has 3 N–H and O–H groups in total. The van der Waals surface area contributed by atoms with Gasteiger partial charge in [0, 0.05) is 18.8 Å². The van der Waals surface area contributed by atoms with Gasteiger partial charge in [-0.2, -0.15) is 0 Å². The third-order valence-corrected chi connectivity index (χ3v) is 3.93. The summed E-state index contributed by atoms with van der Waals surface area (Å²) in [4.78, 5) is 10.7. The monoisotopic (exact) mass is 300 g/mol. The lowest BCUT2D eigenvalue weighted by Gasteiger charge is -2.24. The fourth-order valence-corrected chi connectivity index (χ4v) is 2.92. The Hall–Kier alpha value is -2.18. The molecular weight excluding hydrogens is 280 g/mol. The van der Waals surface area contributed by atoms with Crippen molar-refractivity contribution in [2.75, 3.05) is 19.4 Å². The predicted molar refractivity (Wildman–Crippen MR) is 83.2 cm³/mol. The van der Waals surface area contributed by atoms with Gasteiger partial charge >= 0.3 is 0 Å². The van der Waals surface area contributed by atoms with Crippen LogP contribution in [0.15, 0.2) is 36.5 Å². The van der Waals surface area contributed by atoms with Crippen LogP contribution in [0.5, 0.6) is 5.75 Å². The molecule has 0 saturated carbocycles. The van der Waals surface area contributed by atoms with Gasteiger partial charge in [-0.25, -0.2) is 9.97 Å². The van der Waals surface area contributed by atoms with E-state index in [2.05, 4.69) is 20.9 Å². The smallest absolute Gasteiger partial charge is 0.144 e. The lowest BCUT2D eigenvalue weighted by molar-refractivity contribution is 0.171. The Morgan fingerprint density at radius 2 is 2.27 bits per heavy atom. The standard InChI is InChI=1S/C16H20N4O2/c1-22-13-4-2-3-11(7-13)14-8-12(21)9-20(14)10-16-18-6-5-15(17)19-16/h2-7,12,14,21H,8-10H2,1H3,(H2,17,18,19)/t12-,14+/m0/s1. The van der Waals surface area contributed by atoms with Crippen LogP contribution in [0, 0.1) is 0 Å². The molecule has 1 aromatic carbocycles. The van der Waals surface area contributed by atoms with Gasteiger partial charge in [-0.05, 0) is 30.2 Å². The van der Waals surface area contributed by atoms with Crippen molar-refractivity contribution in [1.29, 1.82) is 0 Å². The highest BCUT2D eigenvalue weighted by atomic mass is 16.5. The summed E-state index contributed by atoms with van der Waals surface area (Å²) >= 11 is 0. The summed E-state index contributed by atoms with van der Waals surface area (Å²) in [6.45, 7) is 1.16. The molecule has 0 bridgehead atoms. The molecule has 6 nitrogen and oxygen atoms in total. The van der Waals surface area contributed by atoms with E-state index in [0.717, 1.165) is 11.3 Å². The van der Waals surface area contributed by atoms with Crippen LogP contribution in [0.2, 0.25) is 0 Å².